The minimum Gasteiger partial charge on any atom is -0.496 e. The van der Waals surface area contributed by atoms with E-state index in [1.807, 2.05) is 40.4 Å². The van der Waals surface area contributed by atoms with Crippen molar-refractivity contribution in [1.29, 1.82) is 0 Å². The predicted octanol–water partition coefficient (Wildman–Crippen LogP) is 4.41. The maximum Gasteiger partial charge on any atom is 0.270 e. The Morgan fingerprint density at radius 3 is 2.54 bits per heavy atom. The summed E-state index contributed by atoms with van der Waals surface area (Å²) in [6.45, 7) is 0. The number of carbonyl (C=O) groups excluding carboxylic acids is 1. The minimum absolute atomic E-state index is 0.00165. The molecule has 4 aromatic rings. The molecule has 1 aromatic heterocycles. The van der Waals surface area contributed by atoms with Crippen LogP contribution in [-0.2, 0) is 23.5 Å². The van der Waals surface area contributed by atoms with Gasteiger partial charge in [-0.3, -0.25) is 14.9 Å². The number of hydrogen-bond donors (Lipinski definition) is 1. The van der Waals surface area contributed by atoms with E-state index in [1.165, 1.54) is 37.4 Å². The van der Waals surface area contributed by atoms with E-state index in [2.05, 4.69) is 4.72 Å². The fraction of sp³-hybridized carbons (Fsp3) is 0.125. The van der Waals surface area contributed by atoms with Crippen LogP contribution in [0.15, 0.2) is 71.8 Å². The number of carbonyl (C=O) groups is 1. The van der Waals surface area contributed by atoms with E-state index in [4.69, 9.17) is 4.74 Å². The largest absolute Gasteiger partial charge is 0.496 e. The highest BCUT2D eigenvalue weighted by molar-refractivity contribution is 14.1. The molecule has 0 saturated heterocycles. The highest BCUT2D eigenvalue weighted by atomic mass is 127. The van der Waals surface area contributed by atoms with Crippen molar-refractivity contribution in [3.8, 4) is 5.75 Å². The van der Waals surface area contributed by atoms with Crippen molar-refractivity contribution >= 4 is 55.1 Å². The molecule has 3 aromatic carbocycles. The van der Waals surface area contributed by atoms with E-state index >= 15 is 0 Å². The first-order chi connectivity index (χ1) is 16.6. The zero-order chi connectivity index (χ0) is 25.3. The summed E-state index contributed by atoms with van der Waals surface area (Å²) in [5.41, 5.74) is 2.56. The van der Waals surface area contributed by atoms with Crippen molar-refractivity contribution in [3.63, 3.8) is 0 Å². The van der Waals surface area contributed by atoms with E-state index in [0.29, 0.717) is 15.7 Å². The SMILES string of the molecule is COc1cc(C(=O)NS(=O)(=O)c2ccccc2I)ccc1Cc1cn(C)c2ccc([N+](=O)[O-])cc12. The molecule has 1 heterocycles. The summed E-state index contributed by atoms with van der Waals surface area (Å²) in [5.74, 6) is -0.387. The average molecular weight is 605 g/mol. The molecule has 35 heavy (non-hydrogen) atoms. The van der Waals surface area contributed by atoms with Gasteiger partial charge >= 0.3 is 0 Å². The fourth-order valence-corrected chi connectivity index (χ4v) is 6.16. The topological polar surface area (TPSA) is 121 Å². The van der Waals surface area contributed by atoms with Crippen LogP contribution in [0.4, 0.5) is 5.69 Å². The summed E-state index contributed by atoms with van der Waals surface area (Å²) in [7, 11) is -0.741. The van der Waals surface area contributed by atoms with E-state index in [9.17, 15) is 23.3 Å². The molecule has 0 fully saturated rings. The Morgan fingerprint density at radius 1 is 1.11 bits per heavy atom. The Bertz CT molecular complexity index is 1580. The lowest BCUT2D eigenvalue weighted by molar-refractivity contribution is -0.384. The predicted molar refractivity (Wildman–Crippen MR) is 139 cm³/mol. The lowest BCUT2D eigenvalue weighted by atomic mass is 10.0. The van der Waals surface area contributed by atoms with E-state index < -0.39 is 20.9 Å². The highest BCUT2D eigenvalue weighted by Crippen LogP contribution is 2.30. The number of fused-ring (bicyclic) bond motifs is 1. The van der Waals surface area contributed by atoms with Gasteiger partial charge < -0.3 is 9.30 Å². The molecule has 0 aliphatic rings. The van der Waals surface area contributed by atoms with Gasteiger partial charge in [-0.1, -0.05) is 18.2 Å². The summed E-state index contributed by atoms with van der Waals surface area (Å²) in [4.78, 5) is 23.6. The lowest BCUT2D eigenvalue weighted by Crippen LogP contribution is -2.31. The van der Waals surface area contributed by atoms with Gasteiger partial charge in [-0.15, -0.1) is 0 Å². The highest BCUT2D eigenvalue weighted by Gasteiger charge is 2.22. The van der Waals surface area contributed by atoms with Crippen LogP contribution in [0, 0.1) is 13.7 Å². The molecule has 11 heteroatoms. The molecule has 0 spiro atoms. The van der Waals surface area contributed by atoms with Crippen molar-refractivity contribution in [2.45, 2.75) is 11.3 Å². The summed E-state index contributed by atoms with van der Waals surface area (Å²) in [5, 5.41) is 12.0. The van der Waals surface area contributed by atoms with Crippen molar-refractivity contribution < 1.29 is 22.9 Å². The van der Waals surface area contributed by atoms with Gasteiger partial charge in [0.25, 0.3) is 21.6 Å². The number of aryl methyl sites for hydroxylation is 1. The van der Waals surface area contributed by atoms with Gasteiger partial charge in [-0.25, -0.2) is 13.1 Å². The number of methoxy groups -OCH3 is 1. The van der Waals surface area contributed by atoms with Gasteiger partial charge in [0.05, 0.1) is 12.0 Å². The summed E-state index contributed by atoms with van der Waals surface area (Å²) in [6, 6.07) is 15.7. The molecule has 1 amide bonds. The number of benzene rings is 3. The maximum absolute atomic E-state index is 12.7. The molecule has 0 unspecified atom stereocenters. The normalized spacial score (nSPS) is 11.4. The second-order valence-electron chi connectivity index (χ2n) is 7.79. The summed E-state index contributed by atoms with van der Waals surface area (Å²) in [6.07, 6.45) is 2.28. The van der Waals surface area contributed by atoms with Gasteiger partial charge in [0, 0.05) is 51.8 Å². The third kappa shape index (κ3) is 5.00. The number of amides is 1. The van der Waals surface area contributed by atoms with Crippen LogP contribution >= 0.6 is 22.6 Å². The third-order valence-electron chi connectivity index (χ3n) is 5.55. The number of hydrogen-bond acceptors (Lipinski definition) is 6. The third-order valence-corrected chi connectivity index (χ3v) is 8.25. The molecule has 0 radical (unpaired) electrons. The van der Waals surface area contributed by atoms with Gasteiger partial charge in [0.15, 0.2) is 0 Å². The van der Waals surface area contributed by atoms with E-state index in [-0.39, 0.29) is 16.1 Å². The zero-order valence-corrected chi connectivity index (χ0v) is 21.7. The molecular formula is C24H20IN3O6S. The number of nitro benzene ring substituents is 1. The van der Waals surface area contributed by atoms with Gasteiger partial charge in [0.2, 0.25) is 0 Å². The second kappa shape index (κ2) is 9.66. The van der Waals surface area contributed by atoms with Crippen LogP contribution in [0.3, 0.4) is 0 Å². The molecule has 180 valence electrons. The van der Waals surface area contributed by atoms with Crippen molar-refractivity contribution in [2.24, 2.45) is 7.05 Å². The van der Waals surface area contributed by atoms with Crippen LogP contribution in [0.2, 0.25) is 0 Å². The first-order valence-electron chi connectivity index (χ1n) is 10.3. The minimum atomic E-state index is -4.05. The zero-order valence-electron chi connectivity index (χ0n) is 18.7. The smallest absolute Gasteiger partial charge is 0.270 e. The quantitative estimate of drug-likeness (QED) is 0.189. The van der Waals surface area contributed by atoms with Gasteiger partial charge in [-0.2, -0.15) is 0 Å². The fourth-order valence-electron chi connectivity index (χ4n) is 3.85. The van der Waals surface area contributed by atoms with Crippen LogP contribution < -0.4 is 9.46 Å². The van der Waals surface area contributed by atoms with Crippen LogP contribution in [0.5, 0.6) is 5.75 Å². The first-order valence-corrected chi connectivity index (χ1v) is 12.9. The number of nitro groups is 1. The van der Waals surface area contributed by atoms with E-state index in [0.717, 1.165) is 22.0 Å². The van der Waals surface area contributed by atoms with Crippen LogP contribution in [0.25, 0.3) is 10.9 Å². The van der Waals surface area contributed by atoms with Crippen molar-refractivity contribution in [1.82, 2.24) is 9.29 Å². The Morgan fingerprint density at radius 2 is 1.86 bits per heavy atom. The summed E-state index contributed by atoms with van der Waals surface area (Å²) < 4.78 is 35.3. The number of rotatable bonds is 7. The average Bonchev–Trinajstić information content (AvgIpc) is 3.13. The second-order valence-corrected chi connectivity index (χ2v) is 10.6. The standard InChI is InChI=1S/C24H20IN3O6S/c1-27-14-17(19-13-18(28(30)31)9-10-21(19)27)11-15-7-8-16(12-22(15)34-2)24(29)26-35(32,33)23-6-4-3-5-20(23)25/h3-10,12-14H,11H2,1-2H3,(H,26,29). The molecule has 9 nitrogen and oxygen atoms in total. The van der Waals surface area contributed by atoms with Gasteiger partial charge in [0.1, 0.15) is 10.6 Å². The van der Waals surface area contributed by atoms with E-state index in [1.54, 1.807) is 30.3 Å². The number of non-ortho nitro benzene ring substituents is 1. The lowest BCUT2D eigenvalue weighted by Gasteiger charge is -2.12. The van der Waals surface area contributed by atoms with Crippen LogP contribution in [-0.4, -0.2) is 30.9 Å². The van der Waals surface area contributed by atoms with Crippen molar-refractivity contribution in [2.75, 3.05) is 7.11 Å². The Labute approximate surface area is 215 Å². The molecule has 0 saturated carbocycles. The number of nitrogens with one attached hydrogen (secondary N) is 1. The van der Waals surface area contributed by atoms with Crippen LogP contribution in [0.1, 0.15) is 21.5 Å². The molecule has 4 rings (SSSR count). The number of nitrogens with zero attached hydrogens (tertiary/aromatic N) is 2. The molecule has 0 aliphatic heterocycles. The molecule has 0 atom stereocenters. The Hall–Kier alpha value is -3.45. The number of halogens is 1. The number of aromatic nitrogens is 1. The van der Waals surface area contributed by atoms with Gasteiger partial charge in [-0.05, 0) is 64.0 Å². The molecule has 1 N–H and O–H groups in total. The van der Waals surface area contributed by atoms with Crippen molar-refractivity contribution in [3.05, 3.63) is 97.2 Å². The first kappa shape index (κ1) is 24.7. The molecular weight excluding hydrogens is 585 g/mol. The Kier molecular flexibility index (Phi) is 6.81. The molecule has 0 bridgehead atoms. The number of ether oxygens (including phenoxy) is 1. The maximum atomic E-state index is 12.7. The molecule has 0 aliphatic carbocycles. The number of sulfonamides is 1. The monoisotopic (exact) mass is 605 g/mol. The Balaban J connectivity index is 1.63. The summed E-state index contributed by atoms with van der Waals surface area (Å²) >= 11 is 1.90.